The van der Waals surface area contributed by atoms with Crippen LogP contribution in [0.15, 0.2) is 30.6 Å². The molecule has 2 aromatic rings. The molecule has 0 fully saturated rings. The highest BCUT2D eigenvalue weighted by molar-refractivity contribution is 7.11. The molecule has 1 unspecified atom stereocenters. The largest absolute Gasteiger partial charge is 0.304 e. The maximum Gasteiger partial charge on any atom is 0.0897 e. The fraction of sp³-hybridized carbons (Fsp3) is 0.333. The summed E-state index contributed by atoms with van der Waals surface area (Å²) in [6.07, 6.45) is 3.75. The molecule has 0 aliphatic rings. The molecule has 0 aliphatic heterocycles. The number of rotatable bonds is 4. The molecule has 2 aromatic heterocycles. The second-order valence-corrected chi connectivity index (χ2v) is 5.02. The molecule has 0 saturated carbocycles. The minimum atomic E-state index is 0.267. The van der Waals surface area contributed by atoms with Gasteiger partial charge < -0.3 is 5.32 Å². The first-order valence-corrected chi connectivity index (χ1v) is 6.13. The summed E-state index contributed by atoms with van der Waals surface area (Å²) in [5.41, 5.74) is 1.07. The van der Waals surface area contributed by atoms with Gasteiger partial charge in [-0.15, -0.1) is 11.3 Å². The van der Waals surface area contributed by atoms with Crippen molar-refractivity contribution in [1.82, 2.24) is 15.3 Å². The van der Waals surface area contributed by atoms with Gasteiger partial charge in [0.2, 0.25) is 0 Å². The number of nitrogens with one attached hydrogen (secondary N) is 1. The molecule has 3 nitrogen and oxygen atoms in total. The van der Waals surface area contributed by atoms with Crippen LogP contribution in [0.3, 0.4) is 0 Å². The molecule has 2 rings (SSSR count). The molecule has 1 atom stereocenters. The van der Waals surface area contributed by atoms with E-state index in [0.717, 1.165) is 17.2 Å². The van der Waals surface area contributed by atoms with Crippen LogP contribution in [-0.2, 0) is 6.54 Å². The molecule has 0 amide bonds. The third-order valence-electron chi connectivity index (χ3n) is 2.38. The maximum absolute atomic E-state index is 4.32. The minimum Gasteiger partial charge on any atom is -0.304 e. The van der Waals surface area contributed by atoms with Gasteiger partial charge in [0, 0.05) is 29.9 Å². The topological polar surface area (TPSA) is 37.8 Å². The Morgan fingerprint density at radius 3 is 2.88 bits per heavy atom. The van der Waals surface area contributed by atoms with Crippen molar-refractivity contribution in [3.05, 3.63) is 46.2 Å². The van der Waals surface area contributed by atoms with E-state index in [9.17, 15) is 0 Å². The molecule has 0 spiro atoms. The average molecular weight is 233 g/mol. The van der Waals surface area contributed by atoms with E-state index in [4.69, 9.17) is 0 Å². The van der Waals surface area contributed by atoms with E-state index in [1.807, 2.05) is 37.5 Å². The first-order chi connectivity index (χ1) is 7.75. The summed E-state index contributed by atoms with van der Waals surface area (Å²) in [7, 11) is 0. The number of aromatic nitrogens is 2. The fourth-order valence-corrected chi connectivity index (χ4v) is 2.22. The van der Waals surface area contributed by atoms with Crippen molar-refractivity contribution in [3.8, 4) is 0 Å². The second-order valence-electron chi connectivity index (χ2n) is 3.70. The van der Waals surface area contributed by atoms with E-state index in [0.29, 0.717) is 0 Å². The molecular formula is C12H15N3S. The summed E-state index contributed by atoms with van der Waals surface area (Å²) < 4.78 is 0. The molecule has 84 valence electrons. The van der Waals surface area contributed by atoms with Crippen molar-refractivity contribution in [2.45, 2.75) is 26.4 Å². The Morgan fingerprint density at radius 1 is 1.38 bits per heavy atom. The highest BCUT2D eigenvalue weighted by Gasteiger charge is 2.06. The monoisotopic (exact) mass is 233 g/mol. The third kappa shape index (κ3) is 2.87. The van der Waals surface area contributed by atoms with E-state index in [-0.39, 0.29) is 6.04 Å². The van der Waals surface area contributed by atoms with Gasteiger partial charge in [0.25, 0.3) is 0 Å². The Labute approximate surface area is 99.6 Å². The Bertz CT molecular complexity index is 439. The predicted octanol–water partition coefficient (Wildman–Crippen LogP) is 2.70. The van der Waals surface area contributed by atoms with Crippen molar-refractivity contribution < 1.29 is 0 Å². The van der Waals surface area contributed by atoms with Crippen molar-refractivity contribution in [3.63, 3.8) is 0 Å². The zero-order chi connectivity index (χ0) is 11.4. The number of thiazole rings is 1. The SMILES string of the molecule is Cc1ncc(CNC(C)c2ccccn2)s1. The van der Waals surface area contributed by atoms with Crippen LogP contribution in [-0.4, -0.2) is 9.97 Å². The molecule has 0 aliphatic carbocycles. The maximum atomic E-state index is 4.32. The van der Waals surface area contributed by atoms with E-state index in [2.05, 4.69) is 22.2 Å². The van der Waals surface area contributed by atoms with Gasteiger partial charge in [-0.25, -0.2) is 4.98 Å². The van der Waals surface area contributed by atoms with Crippen molar-refractivity contribution in [2.75, 3.05) is 0 Å². The molecule has 1 N–H and O–H groups in total. The van der Waals surface area contributed by atoms with Gasteiger partial charge >= 0.3 is 0 Å². The molecule has 0 radical (unpaired) electrons. The molecule has 0 bridgehead atoms. The molecule has 4 heteroatoms. The van der Waals surface area contributed by atoms with Gasteiger partial charge in [0.05, 0.1) is 10.7 Å². The van der Waals surface area contributed by atoms with Crippen molar-refractivity contribution >= 4 is 11.3 Å². The summed E-state index contributed by atoms with van der Waals surface area (Å²) in [4.78, 5) is 9.82. The van der Waals surface area contributed by atoms with E-state index < -0.39 is 0 Å². The lowest BCUT2D eigenvalue weighted by atomic mass is 10.2. The summed E-state index contributed by atoms with van der Waals surface area (Å²) in [5, 5.41) is 4.55. The van der Waals surface area contributed by atoms with Gasteiger partial charge in [-0.05, 0) is 26.0 Å². The van der Waals surface area contributed by atoms with Crippen LogP contribution >= 0.6 is 11.3 Å². The quantitative estimate of drug-likeness (QED) is 0.882. The van der Waals surface area contributed by atoms with Crippen LogP contribution in [0.2, 0.25) is 0 Å². The molecule has 16 heavy (non-hydrogen) atoms. The summed E-state index contributed by atoms with van der Waals surface area (Å²) >= 11 is 1.73. The van der Waals surface area contributed by atoms with Crippen LogP contribution in [0.25, 0.3) is 0 Å². The molecule has 0 saturated heterocycles. The number of aryl methyl sites for hydroxylation is 1. The van der Waals surface area contributed by atoms with Gasteiger partial charge in [0.15, 0.2) is 0 Å². The van der Waals surface area contributed by atoms with E-state index in [1.165, 1.54) is 4.88 Å². The Balaban J connectivity index is 1.91. The van der Waals surface area contributed by atoms with Crippen LogP contribution < -0.4 is 5.32 Å². The van der Waals surface area contributed by atoms with E-state index in [1.54, 1.807) is 11.3 Å². The molecule has 0 aromatic carbocycles. The lowest BCUT2D eigenvalue weighted by molar-refractivity contribution is 0.565. The first-order valence-electron chi connectivity index (χ1n) is 5.31. The smallest absolute Gasteiger partial charge is 0.0897 e. The Morgan fingerprint density at radius 2 is 2.25 bits per heavy atom. The molecular weight excluding hydrogens is 218 g/mol. The first kappa shape index (κ1) is 11.2. The lowest BCUT2D eigenvalue weighted by Gasteiger charge is -2.11. The average Bonchev–Trinajstić information content (AvgIpc) is 2.73. The summed E-state index contributed by atoms with van der Waals surface area (Å²) in [5.74, 6) is 0. The number of hydrogen-bond acceptors (Lipinski definition) is 4. The summed E-state index contributed by atoms with van der Waals surface area (Å²) in [6.45, 7) is 5.00. The minimum absolute atomic E-state index is 0.267. The standard InChI is InChI=1S/C12H15N3S/c1-9(12-5-3-4-6-13-12)14-7-11-8-15-10(2)16-11/h3-6,8-9,14H,7H2,1-2H3. The van der Waals surface area contributed by atoms with Gasteiger partial charge in [-0.3, -0.25) is 4.98 Å². The fourth-order valence-electron chi connectivity index (χ4n) is 1.48. The van der Waals surface area contributed by atoms with Gasteiger partial charge in [-0.1, -0.05) is 6.07 Å². The van der Waals surface area contributed by atoms with Crippen LogP contribution in [0.5, 0.6) is 0 Å². The number of hydrogen-bond donors (Lipinski definition) is 1. The Kier molecular flexibility index (Phi) is 3.64. The van der Waals surface area contributed by atoms with Crippen LogP contribution in [0.4, 0.5) is 0 Å². The van der Waals surface area contributed by atoms with E-state index >= 15 is 0 Å². The van der Waals surface area contributed by atoms with Crippen molar-refractivity contribution in [2.24, 2.45) is 0 Å². The third-order valence-corrected chi connectivity index (χ3v) is 3.30. The second kappa shape index (κ2) is 5.18. The number of pyridine rings is 1. The Hall–Kier alpha value is -1.26. The van der Waals surface area contributed by atoms with Crippen molar-refractivity contribution in [1.29, 1.82) is 0 Å². The zero-order valence-electron chi connectivity index (χ0n) is 9.47. The number of nitrogens with zero attached hydrogens (tertiary/aromatic N) is 2. The summed E-state index contributed by atoms with van der Waals surface area (Å²) in [6, 6.07) is 6.25. The highest BCUT2D eigenvalue weighted by atomic mass is 32.1. The van der Waals surface area contributed by atoms with Gasteiger partial charge in [0.1, 0.15) is 0 Å². The zero-order valence-corrected chi connectivity index (χ0v) is 10.3. The van der Waals surface area contributed by atoms with Crippen LogP contribution in [0.1, 0.15) is 28.5 Å². The highest BCUT2D eigenvalue weighted by Crippen LogP contribution is 2.14. The normalized spacial score (nSPS) is 12.6. The predicted molar refractivity (Wildman–Crippen MR) is 66.3 cm³/mol. The lowest BCUT2D eigenvalue weighted by Crippen LogP contribution is -2.18. The van der Waals surface area contributed by atoms with Gasteiger partial charge in [-0.2, -0.15) is 0 Å². The molecule has 2 heterocycles. The van der Waals surface area contributed by atoms with Crippen LogP contribution in [0, 0.1) is 6.92 Å².